The van der Waals surface area contributed by atoms with Gasteiger partial charge in [0.1, 0.15) is 5.82 Å². The molecule has 0 aliphatic rings. The Morgan fingerprint density at radius 2 is 2.19 bits per heavy atom. The highest BCUT2D eigenvalue weighted by molar-refractivity contribution is 9.10. The lowest BCUT2D eigenvalue weighted by molar-refractivity contribution is 0.789. The second-order valence-corrected chi connectivity index (χ2v) is 5.80. The number of pyridine rings is 1. The number of halogens is 1. The van der Waals surface area contributed by atoms with Crippen LogP contribution in [-0.2, 0) is 0 Å². The summed E-state index contributed by atoms with van der Waals surface area (Å²) >= 11 is 4.98. The van der Waals surface area contributed by atoms with Crippen LogP contribution in [0.25, 0.3) is 5.65 Å². The lowest BCUT2D eigenvalue weighted by Crippen LogP contribution is -2.22. The van der Waals surface area contributed by atoms with E-state index in [0.29, 0.717) is 11.1 Å². The van der Waals surface area contributed by atoms with Crippen LogP contribution < -0.4 is 4.90 Å². The molecule has 3 aromatic rings. The van der Waals surface area contributed by atoms with E-state index in [1.54, 1.807) is 16.9 Å². The van der Waals surface area contributed by atoms with E-state index in [9.17, 15) is 0 Å². The number of hydrogen-bond acceptors (Lipinski definition) is 6. The molecule has 0 spiro atoms. The molecular weight excluding hydrogens is 352 g/mol. The molecule has 0 bridgehead atoms. The number of aromatic nitrogens is 5. The van der Waals surface area contributed by atoms with E-state index in [1.807, 2.05) is 29.4 Å². The Balaban J connectivity index is 2.22. The first kappa shape index (κ1) is 14.3. The van der Waals surface area contributed by atoms with Crippen LogP contribution in [0.3, 0.4) is 0 Å². The molecule has 3 heterocycles. The van der Waals surface area contributed by atoms with Gasteiger partial charge in [-0.05, 0) is 41.2 Å². The van der Waals surface area contributed by atoms with Gasteiger partial charge in [0.2, 0.25) is 5.95 Å². The van der Waals surface area contributed by atoms with Gasteiger partial charge >= 0.3 is 0 Å². The average molecular weight is 365 g/mol. The number of rotatable bonds is 4. The van der Waals surface area contributed by atoms with E-state index in [2.05, 4.69) is 42.9 Å². The molecule has 108 valence electrons. The third-order valence-corrected chi connectivity index (χ3v) is 4.06. The highest BCUT2D eigenvalue weighted by atomic mass is 79.9. The fourth-order valence-electron chi connectivity index (χ4n) is 2.00. The Bertz CT molecular complexity index is 760. The van der Waals surface area contributed by atoms with E-state index in [4.69, 9.17) is 0 Å². The summed E-state index contributed by atoms with van der Waals surface area (Å²) in [6, 6.07) is 5.80. The van der Waals surface area contributed by atoms with Crippen LogP contribution >= 0.6 is 27.7 Å². The molecule has 0 aliphatic heterocycles. The van der Waals surface area contributed by atoms with E-state index in [-0.39, 0.29) is 0 Å². The number of nitrogens with zero attached hydrogens (tertiary/aromatic N) is 6. The quantitative estimate of drug-likeness (QED) is 0.662. The molecule has 0 aliphatic carbocycles. The molecule has 0 saturated carbocycles. The summed E-state index contributed by atoms with van der Waals surface area (Å²) in [5.41, 5.74) is 0.749. The van der Waals surface area contributed by atoms with Crippen LogP contribution in [0.5, 0.6) is 0 Å². The second-order valence-electron chi connectivity index (χ2n) is 4.17. The lowest BCUT2D eigenvalue weighted by Gasteiger charge is -2.21. The summed E-state index contributed by atoms with van der Waals surface area (Å²) in [6.07, 6.45) is 5.45. The van der Waals surface area contributed by atoms with Crippen LogP contribution in [0.4, 0.5) is 11.8 Å². The van der Waals surface area contributed by atoms with Crippen molar-refractivity contribution in [3.05, 3.63) is 35.1 Å². The van der Waals surface area contributed by atoms with Crippen LogP contribution in [-0.4, -0.2) is 37.4 Å². The third-order valence-electron chi connectivity index (χ3n) is 2.95. The van der Waals surface area contributed by atoms with Crippen molar-refractivity contribution in [2.24, 2.45) is 0 Å². The molecule has 8 heteroatoms. The van der Waals surface area contributed by atoms with Gasteiger partial charge in [0.05, 0.1) is 10.7 Å². The Labute approximate surface area is 134 Å². The highest BCUT2D eigenvalue weighted by Crippen LogP contribution is 2.26. The van der Waals surface area contributed by atoms with Gasteiger partial charge in [-0.2, -0.15) is 14.6 Å². The molecule has 3 aromatic heterocycles. The Kier molecular flexibility index (Phi) is 4.07. The van der Waals surface area contributed by atoms with Crippen LogP contribution in [0, 0.1) is 0 Å². The summed E-state index contributed by atoms with van der Waals surface area (Å²) in [6.45, 7) is 2.79. The predicted octanol–water partition coefficient (Wildman–Crippen LogP) is 3.16. The van der Waals surface area contributed by atoms with Crippen LogP contribution in [0.15, 0.2) is 40.2 Å². The zero-order valence-corrected chi connectivity index (χ0v) is 14.0. The zero-order valence-electron chi connectivity index (χ0n) is 11.6. The fraction of sp³-hybridized carbons (Fsp3) is 0.231. The molecule has 0 amide bonds. The van der Waals surface area contributed by atoms with E-state index in [1.165, 1.54) is 11.8 Å². The molecule has 6 nitrogen and oxygen atoms in total. The number of thioether (sulfide) groups is 1. The van der Waals surface area contributed by atoms with Gasteiger partial charge in [0, 0.05) is 12.7 Å². The average Bonchev–Trinajstić information content (AvgIpc) is 2.90. The maximum absolute atomic E-state index is 4.60. The minimum absolute atomic E-state index is 0.702. The first-order valence-corrected chi connectivity index (χ1v) is 8.40. The molecular formula is C13H13BrN6S. The zero-order chi connectivity index (χ0) is 14.8. The fourth-order valence-corrected chi connectivity index (χ4v) is 2.70. The van der Waals surface area contributed by atoms with Gasteiger partial charge < -0.3 is 0 Å². The molecule has 0 atom stereocenters. The van der Waals surface area contributed by atoms with Crippen molar-refractivity contribution < 1.29 is 0 Å². The summed E-state index contributed by atoms with van der Waals surface area (Å²) in [7, 11) is 0. The van der Waals surface area contributed by atoms with Gasteiger partial charge in [0.15, 0.2) is 10.8 Å². The molecule has 0 N–H and O–H groups in total. The van der Waals surface area contributed by atoms with Gasteiger partial charge in [-0.1, -0.05) is 17.8 Å². The van der Waals surface area contributed by atoms with Crippen molar-refractivity contribution in [2.75, 3.05) is 17.7 Å². The number of hydrogen-bond donors (Lipinski definition) is 0. The highest BCUT2D eigenvalue weighted by Gasteiger charge is 2.18. The van der Waals surface area contributed by atoms with E-state index < -0.39 is 0 Å². The molecule has 0 aromatic carbocycles. The summed E-state index contributed by atoms with van der Waals surface area (Å²) in [4.78, 5) is 15.5. The van der Waals surface area contributed by atoms with Gasteiger partial charge in [0.25, 0.3) is 0 Å². The number of fused-ring (bicyclic) bond motifs is 1. The SMILES string of the molecule is CCN(c1ccccn1)c1nc(SC)nc2c(Br)cnn12. The minimum atomic E-state index is 0.702. The standard InChI is InChI=1S/C13H13BrN6S/c1-3-19(10-6-4-5-7-15-10)13-18-12(21-2)17-11-9(14)8-16-20(11)13/h4-8H,3H2,1-2H3. The molecule has 3 rings (SSSR count). The lowest BCUT2D eigenvalue weighted by atomic mass is 10.4. The molecule has 0 radical (unpaired) electrons. The van der Waals surface area contributed by atoms with E-state index in [0.717, 1.165) is 22.5 Å². The molecule has 0 fully saturated rings. The van der Waals surface area contributed by atoms with Crippen molar-refractivity contribution >= 4 is 45.1 Å². The first-order valence-electron chi connectivity index (χ1n) is 6.38. The van der Waals surface area contributed by atoms with Crippen molar-refractivity contribution in [1.82, 2.24) is 24.6 Å². The van der Waals surface area contributed by atoms with Gasteiger partial charge in [-0.15, -0.1) is 0 Å². The monoisotopic (exact) mass is 364 g/mol. The third kappa shape index (κ3) is 2.60. The molecule has 21 heavy (non-hydrogen) atoms. The summed E-state index contributed by atoms with van der Waals surface area (Å²) in [5.74, 6) is 1.54. The first-order chi connectivity index (χ1) is 10.2. The van der Waals surface area contributed by atoms with Crippen molar-refractivity contribution in [3.63, 3.8) is 0 Å². The number of anilines is 2. The summed E-state index contributed by atoms with van der Waals surface area (Å²) in [5, 5.41) is 5.06. The largest absolute Gasteiger partial charge is 0.295 e. The molecule has 0 saturated heterocycles. The smallest absolute Gasteiger partial charge is 0.236 e. The minimum Gasteiger partial charge on any atom is -0.295 e. The Morgan fingerprint density at radius 1 is 1.33 bits per heavy atom. The summed E-state index contributed by atoms with van der Waals surface area (Å²) < 4.78 is 2.57. The van der Waals surface area contributed by atoms with Crippen LogP contribution in [0.1, 0.15) is 6.92 Å². The van der Waals surface area contributed by atoms with Crippen molar-refractivity contribution in [2.45, 2.75) is 12.1 Å². The predicted molar refractivity (Wildman–Crippen MR) is 87.2 cm³/mol. The van der Waals surface area contributed by atoms with Gasteiger partial charge in [-0.3, -0.25) is 4.90 Å². The van der Waals surface area contributed by atoms with Crippen molar-refractivity contribution in [3.8, 4) is 0 Å². The molecule has 0 unspecified atom stereocenters. The van der Waals surface area contributed by atoms with Crippen LogP contribution in [0.2, 0.25) is 0 Å². The van der Waals surface area contributed by atoms with Crippen molar-refractivity contribution in [1.29, 1.82) is 0 Å². The Morgan fingerprint density at radius 3 is 2.86 bits per heavy atom. The topological polar surface area (TPSA) is 59.2 Å². The Hall–Kier alpha value is -1.67. The van der Waals surface area contributed by atoms with E-state index >= 15 is 0 Å². The normalized spacial score (nSPS) is 11.0. The maximum Gasteiger partial charge on any atom is 0.236 e. The maximum atomic E-state index is 4.60. The van der Waals surface area contributed by atoms with Gasteiger partial charge in [-0.25, -0.2) is 9.97 Å². The second kappa shape index (κ2) is 5.98.